The van der Waals surface area contributed by atoms with Crippen LogP contribution in [0.1, 0.15) is 39.9 Å². The zero-order chi connectivity index (χ0) is 26.9. The molecule has 1 aliphatic carbocycles. The summed E-state index contributed by atoms with van der Waals surface area (Å²) in [7, 11) is 3.69. The summed E-state index contributed by atoms with van der Waals surface area (Å²) in [6.07, 6.45) is 2.82. The number of hydrogen-bond acceptors (Lipinski definition) is 8. The third-order valence-corrected chi connectivity index (χ3v) is 6.76. The zero-order valence-electron chi connectivity index (χ0n) is 21.3. The van der Waals surface area contributed by atoms with Crippen LogP contribution >= 0.6 is 0 Å². The van der Waals surface area contributed by atoms with Gasteiger partial charge >= 0.3 is 0 Å². The molecule has 1 aliphatic heterocycles. The molecule has 2 aromatic carbocycles. The predicted molar refractivity (Wildman–Crippen MR) is 142 cm³/mol. The molecule has 38 heavy (non-hydrogen) atoms. The van der Waals surface area contributed by atoms with Crippen LogP contribution in [0.3, 0.4) is 0 Å². The Morgan fingerprint density at radius 2 is 2.00 bits per heavy atom. The van der Waals surface area contributed by atoms with E-state index in [2.05, 4.69) is 37.9 Å². The molecule has 11 heteroatoms. The largest absolute Gasteiger partial charge is 0.495 e. The molecule has 1 fully saturated rings. The quantitative estimate of drug-likeness (QED) is 0.339. The van der Waals surface area contributed by atoms with E-state index in [4.69, 9.17) is 10.5 Å². The highest BCUT2D eigenvalue weighted by Gasteiger charge is 2.50. The summed E-state index contributed by atoms with van der Waals surface area (Å²) in [4.78, 5) is 35.1. The number of alkyl halides is 1. The van der Waals surface area contributed by atoms with E-state index in [9.17, 15) is 14.0 Å². The molecule has 0 bridgehead atoms. The molecule has 2 heterocycles. The second-order valence-corrected chi connectivity index (χ2v) is 9.73. The van der Waals surface area contributed by atoms with E-state index in [1.807, 2.05) is 18.2 Å². The number of carbonyl (C=O) groups is 2. The molecule has 0 radical (unpaired) electrons. The van der Waals surface area contributed by atoms with Crippen molar-refractivity contribution in [3.05, 3.63) is 64.8 Å². The number of nitrogens with one attached hydrogen (secondary N) is 3. The van der Waals surface area contributed by atoms with Crippen molar-refractivity contribution in [1.82, 2.24) is 20.2 Å². The first-order chi connectivity index (χ1) is 18.2. The first-order valence-electron chi connectivity index (χ1n) is 12.4. The number of anilines is 4. The minimum atomic E-state index is -1.73. The normalized spacial score (nSPS) is 15.8. The fraction of sp³-hybridized carbons (Fsp3) is 0.333. The molecule has 3 aromatic rings. The Kier molecular flexibility index (Phi) is 6.85. The van der Waals surface area contributed by atoms with Gasteiger partial charge in [0.2, 0.25) is 5.95 Å². The maximum absolute atomic E-state index is 13.9. The van der Waals surface area contributed by atoms with Gasteiger partial charge in [-0.3, -0.25) is 9.59 Å². The predicted octanol–water partition coefficient (Wildman–Crippen LogP) is 3.18. The van der Waals surface area contributed by atoms with Crippen molar-refractivity contribution < 1.29 is 18.7 Å². The molecule has 2 amide bonds. The van der Waals surface area contributed by atoms with Crippen molar-refractivity contribution >= 4 is 35.0 Å². The lowest BCUT2D eigenvalue weighted by atomic mass is 9.99. The van der Waals surface area contributed by atoms with Crippen LogP contribution in [-0.4, -0.2) is 53.1 Å². The molecule has 0 unspecified atom stereocenters. The fourth-order valence-corrected chi connectivity index (χ4v) is 4.41. The maximum atomic E-state index is 13.9. The summed E-state index contributed by atoms with van der Waals surface area (Å²) in [6.45, 7) is 1.98. The molecule has 0 atom stereocenters. The van der Waals surface area contributed by atoms with Crippen molar-refractivity contribution in [1.29, 1.82) is 0 Å². The number of methoxy groups -OCH3 is 1. The minimum absolute atomic E-state index is 0.112. The first-order valence-corrected chi connectivity index (χ1v) is 12.4. The molecule has 198 valence electrons. The third kappa shape index (κ3) is 5.52. The van der Waals surface area contributed by atoms with Crippen LogP contribution in [0.4, 0.5) is 27.5 Å². The van der Waals surface area contributed by atoms with Crippen LogP contribution < -0.4 is 26.4 Å². The van der Waals surface area contributed by atoms with E-state index in [-0.39, 0.29) is 36.7 Å². The van der Waals surface area contributed by atoms with Gasteiger partial charge in [-0.1, -0.05) is 12.1 Å². The smallest absolute Gasteiger partial charge is 0.257 e. The van der Waals surface area contributed by atoms with Crippen LogP contribution in [0, 0.1) is 0 Å². The number of nitrogens with zero attached hydrogens (tertiary/aromatic N) is 3. The van der Waals surface area contributed by atoms with Gasteiger partial charge in [0.15, 0.2) is 5.67 Å². The van der Waals surface area contributed by atoms with E-state index in [1.165, 1.54) is 17.3 Å². The number of hydrogen-bond donors (Lipinski definition) is 4. The fourth-order valence-electron chi connectivity index (χ4n) is 4.41. The van der Waals surface area contributed by atoms with Crippen LogP contribution in [0.2, 0.25) is 0 Å². The number of nitrogens with two attached hydrogens (primary N) is 1. The van der Waals surface area contributed by atoms with Gasteiger partial charge in [-0.2, -0.15) is 4.98 Å². The Bertz CT molecular complexity index is 1390. The highest BCUT2D eigenvalue weighted by atomic mass is 19.1. The lowest BCUT2D eigenvalue weighted by Gasteiger charge is -2.26. The van der Waals surface area contributed by atoms with E-state index in [0.717, 1.165) is 25.1 Å². The molecule has 2 aliphatic rings. The molecule has 0 saturated heterocycles. The summed E-state index contributed by atoms with van der Waals surface area (Å²) < 4.78 is 19.5. The standard InChI is InChI=1S/C27H30FN7O3/c1-35-9-6-17-12-22(38-2)21(11-18(17)15-35)33-26-31-14-20(23(29)36)24(34-26)32-19-5-3-4-16(10-19)13-30-25(37)27(28)7-8-27/h3-5,10-12,14H,6-9,13,15H2,1-2H3,(H2,29,36)(H,30,37)(H2,31,32,33,34). The van der Waals surface area contributed by atoms with Crippen LogP contribution in [0.5, 0.6) is 5.75 Å². The average molecular weight is 520 g/mol. The number of fused-ring (bicyclic) bond motifs is 1. The number of rotatable bonds is 9. The highest BCUT2D eigenvalue weighted by Crippen LogP contribution is 2.40. The second-order valence-electron chi connectivity index (χ2n) is 9.73. The molecule has 10 nitrogen and oxygen atoms in total. The number of carbonyl (C=O) groups excluding carboxylic acids is 2. The number of likely N-dealkylation sites (N-methyl/N-ethyl adjacent to an activating group) is 1. The van der Waals surface area contributed by atoms with Crippen molar-refractivity contribution in [3.8, 4) is 5.75 Å². The van der Waals surface area contributed by atoms with Gasteiger partial charge in [0.1, 0.15) is 17.1 Å². The van der Waals surface area contributed by atoms with E-state index < -0.39 is 17.5 Å². The molecule has 5 N–H and O–H groups in total. The van der Waals surface area contributed by atoms with Crippen molar-refractivity contribution in [2.45, 2.75) is 38.0 Å². The summed E-state index contributed by atoms with van der Waals surface area (Å²) in [5.41, 5.74) is 8.47. The van der Waals surface area contributed by atoms with Crippen molar-refractivity contribution in [2.24, 2.45) is 5.73 Å². The van der Waals surface area contributed by atoms with Gasteiger partial charge in [0, 0.05) is 31.5 Å². The van der Waals surface area contributed by atoms with E-state index in [0.29, 0.717) is 17.1 Å². The molecule has 1 saturated carbocycles. The number of primary amides is 1. The van der Waals surface area contributed by atoms with E-state index in [1.54, 1.807) is 25.3 Å². The number of benzene rings is 2. The van der Waals surface area contributed by atoms with Crippen molar-refractivity contribution in [2.75, 3.05) is 31.3 Å². The molecular formula is C27H30FN7O3. The second kappa shape index (κ2) is 10.3. The topological polar surface area (TPSA) is 134 Å². The number of halogens is 1. The lowest BCUT2D eigenvalue weighted by molar-refractivity contribution is -0.127. The van der Waals surface area contributed by atoms with Crippen molar-refractivity contribution in [3.63, 3.8) is 0 Å². The van der Waals surface area contributed by atoms with Crippen LogP contribution in [-0.2, 0) is 24.3 Å². The number of amides is 2. The van der Waals surface area contributed by atoms with E-state index >= 15 is 0 Å². The molecular weight excluding hydrogens is 489 g/mol. The molecule has 0 spiro atoms. The Hall–Kier alpha value is -4.25. The number of ether oxygens (including phenoxy) is 1. The third-order valence-electron chi connectivity index (χ3n) is 6.76. The summed E-state index contributed by atoms with van der Waals surface area (Å²) in [6, 6.07) is 11.2. The number of aromatic nitrogens is 2. The van der Waals surface area contributed by atoms with Crippen LogP contribution in [0.25, 0.3) is 0 Å². The monoisotopic (exact) mass is 519 g/mol. The summed E-state index contributed by atoms with van der Waals surface area (Å²) >= 11 is 0. The summed E-state index contributed by atoms with van der Waals surface area (Å²) in [5.74, 6) is -0.145. The Balaban J connectivity index is 1.37. The Morgan fingerprint density at radius 3 is 2.74 bits per heavy atom. The first kappa shape index (κ1) is 25.4. The molecule has 1 aromatic heterocycles. The maximum Gasteiger partial charge on any atom is 0.257 e. The Morgan fingerprint density at radius 1 is 1.18 bits per heavy atom. The van der Waals surface area contributed by atoms with Gasteiger partial charge in [-0.15, -0.1) is 0 Å². The Labute approximate surface area is 219 Å². The van der Waals surface area contributed by atoms with Gasteiger partial charge in [0.25, 0.3) is 11.8 Å². The van der Waals surface area contributed by atoms with Gasteiger partial charge < -0.3 is 31.3 Å². The van der Waals surface area contributed by atoms with Gasteiger partial charge in [0.05, 0.1) is 12.8 Å². The zero-order valence-corrected chi connectivity index (χ0v) is 21.3. The van der Waals surface area contributed by atoms with Gasteiger partial charge in [-0.25, -0.2) is 9.37 Å². The average Bonchev–Trinajstić information content (AvgIpc) is 3.65. The van der Waals surface area contributed by atoms with Crippen LogP contribution in [0.15, 0.2) is 42.6 Å². The minimum Gasteiger partial charge on any atom is -0.495 e. The summed E-state index contributed by atoms with van der Waals surface area (Å²) in [5, 5.41) is 8.95. The van der Waals surface area contributed by atoms with Gasteiger partial charge in [-0.05, 0) is 67.3 Å². The molecule has 5 rings (SSSR count). The lowest BCUT2D eigenvalue weighted by Crippen LogP contribution is -2.32. The highest BCUT2D eigenvalue weighted by molar-refractivity contribution is 5.98. The SMILES string of the molecule is COc1cc2c(cc1Nc1ncc(C(N)=O)c(Nc3cccc(CNC(=O)C4(F)CC4)c3)n1)CN(C)CC2.